The highest BCUT2D eigenvalue weighted by Gasteiger charge is 2.39. The maximum Gasteiger partial charge on any atom is 0.309 e. The molecule has 1 saturated carbocycles. The molecule has 3 atom stereocenters. The molecular formula is C34H48N2O6. The molecular weight excluding hydrogens is 532 g/mol. The Morgan fingerprint density at radius 1 is 0.976 bits per heavy atom. The summed E-state index contributed by atoms with van der Waals surface area (Å²) in [7, 11) is 3.26. The predicted molar refractivity (Wildman–Crippen MR) is 163 cm³/mol. The SMILES string of the molecule is COCCCOc1cc(C(=O)N(CC2CNC[C@H]2CCC(C(=O)OCc2ccccc2)C2CC2)C(C)C)ccc1OC. The van der Waals surface area contributed by atoms with Gasteiger partial charge >= 0.3 is 5.97 Å². The van der Waals surface area contributed by atoms with E-state index in [1.165, 1.54) is 0 Å². The van der Waals surface area contributed by atoms with Gasteiger partial charge in [-0.1, -0.05) is 30.3 Å². The fourth-order valence-corrected chi connectivity index (χ4v) is 5.87. The van der Waals surface area contributed by atoms with E-state index >= 15 is 0 Å². The van der Waals surface area contributed by atoms with E-state index in [2.05, 4.69) is 19.2 Å². The topological polar surface area (TPSA) is 86.3 Å². The molecule has 42 heavy (non-hydrogen) atoms. The first-order valence-corrected chi connectivity index (χ1v) is 15.4. The van der Waals surface area contributed by atoms with Crippen LogP contribution in [0.1, 0.15) is 61.9 Å². The minimum Gasteiger partial charge on any atom is -0.493 e. The van der Waals surface area contributed by atoms with E-state index in [9.17, 15) is 9.59 Å². The van der Waals surface area contributed by atoms with Crippen molar-refractivity contribution in [2.45, 2.75) is 58.6 Å². The summed E-state index contributed by atoms with van der Waals surface area (Å²) in [6.45, 7) is 7.97. The average Bonchev–Trinajstić information content (AvgIpc) is 3.75. The number of carbonyl (C=O) groups is 2. The zero-order chi connectivity index (χ0) is 29.9. The average molecular weight is 581 g/mol. The lowest BCUT2D eigenvalue weighted by atomic mass is 9.86. The van der Waals surface area contributed by atoms with E-state index in [4.69, 9.17) is 18.9 Å². The first-order valence-electron chi connectivity index (χ1n) is 15.4. The smallest absolute Gasteiger partial charge is 0.309 e. The van der Waals surface area contributed by atoms with Crippen LogP contribution in [0.15, 0.2) is 48.5 Å². The molecule has 0 aromatic heterocycles. The van der Waals surface area contributed by atoms with Gasteiger partial charge in [0, 0.05) is 38.3 Å². The second-order valence-corrected chi connectivity index (χ2v) is 11.9. The fourth-order valence-electron chi connectivity index (χ4n) is 5.87. The Hall–Kier alpha value is -3.10. The van der Waals surface area contributed by atoms with Crippen LogP contribution in [0.2, 0.25) is 0 Å². The number of rotatable bonds is 17. The second kappa shape index (κ2) is 15.9. The Kier molecular flexibility index (Phi) is 12.1. The van der Waals surface area contributed by atoms with Crippen molar-refractivity contribution in [2.24, 2.45) is 23.7 Å². The second-order valence-electron chi connectivity index (χ2n) is 11.9. The molecule has 2 fully saturated rings. The lowest BCUT2D eigenvalue weighted by Gasteiger charge is -2.32. The molecule has 1 amide bonds. The maximum absolute atomic E-state index is 13.8. The van der Waals surface area contributed by atoms with Gasteiger partial charge in [0.2, 0.25) is 0 Å². The maximum atomic E-state index is 13.8. The van der Waals surface area contributed by atoms with Crippen LogP contribution in [-0.4, -0.2) is 69.9 Å². The van der Waals surface area contributed by atoms with E-state index < -0.39 is 0 Å². The zero-order valence-corrected chi connectivity index (χ0v) is 25.7. The highest BCUT2D eigenvalue weighted by atomic mass is 16.5. The van der Waals surface area contributed by atoms with Gasteiger partial charge < -0.3 is 29.2 Å². The Balaban J connectivity index is 1.36. The Bertz CT molecular complexity index is 1140. The lowest BCUT2D eigenvalue weighted by Crippen LogP contribution is -2.42. The molecule has 2 unspecified atom stereocenters. The van der Waals surface area contributed by atoms with Gasteiger partial charge in [-0.3, -0.25) is 9.59 Å². The summed E-state index contributed by atoms with van der Waals surface area (Å²) in [5, 5.41) is 3.55. The van der Waals surface area contributed by atoms with Gasteiger partial charge in [0.15, 0.2) is 11.5 Å². The largest absolute Gasteiger partial charge is 0.493 e. The van der Waals surface area contributed by atoms with Crippen LogP contribution in [-0.2, 0) is 20.9 Å². The zero-order valence-electron chi connectivity index (χ0n) is 25.7. The monoisotopic (exact) mass is 580 g/mol. The molecule has 8 nitrogen and oxygen atoms in total. The lowest BCUT2D eigenvalue weighted by molar-refractivity contribution is -0.151. The third kappa shape index (κ3) is 8.95. The summed E-state index contributed by atoms with van der Waals surface area (Å²) in [5.74, 6) is 2.21. The number of esters is 1. The number of amides is 1. The summed E-state index contributed by atoms with van der Waals surface area (Å²) in [6, 6.07) is 15.3. The normalized spacial score (nSPS) is 19.0. The number of benzene rings is 2. The van der Waals surface area contributed by atoms with Gasteiger partial charge in [0.25, 0.3) is 5.91 Å². The van der Waals surface area contributed by atoms with E-state index in [0.29, 0.717) is 61.2 Å². The molecule has 0 bridgehead atoms. The fraction of sp³-hybridized carbons (Fsp3) is 0.588. The first-order chi connectivity index (χ1) is 20.4. The van der Waals surface area contributed by atoms with Gasteiger partial charge in [0.1, 0.15) is 6.61 Å². The Labute approximate surface area is 251 Å². The molecule has 0 spiro atoms. The molecule has 8 heteroatoms. The van der Waals surface area contributed by atoms with Crippen molar-refractivity contribution in [1.29, 1.82) is 0 Å². The molecule has 4 rings (SSSR count). The number of carbonyl (C=O) groups excluding carboxylic acids is 2. The molecule has 1 saturated heterocycles. The van der Waals surface area contributed by atoms with Gasteiger partial charge in [-0.25, -0.2) is 0 Å². The van der Waals surface area contributed by atoms with Crippen molar-refractivity contribution in [3.05, 3.63) is 59.7 Å². The number of nitrogens with one attached hydrogen (secondary N) is 1. The third-order valence-corrected chi connectivity index (χ3v) is 8.52. The molecule has 230 valence electrons. The van der Waals surface area contributed by atoms with Crippen LogP contribution >= 0.6 is 0 Å². The van der Waals surface area contributed by atoms with Crippen LogP contribution in [0.5, 0.6) is 11.5 Å². The quantitative estimate of drug-likeness (QED) is 0.200. The van der Waals surface area contributed by atoms with Crippen LogP contribution in [0.3, 0.4) is 0 Å². The van der Waals surface area contributed by atoms with Gasteiger partial charge in [-0.15, -0.1) is 0 Å². The first kappa shape index (κ1) is 31.8. The molecule has 2 aliphatic rings. The predicted octanol–water partition coefficient (Wildman–Crippen LogP) is 5.35. The third-order valence-electron chi connectivity index (χ3n) is 8.52. The summed E-state index contributed by atoms with van der Waals surface area (Å²) in [5.41, 5.74) is 1.60. The van der Waals surface area contributed by atoms with Gasteiger partial charge in [0.05, 0.1) is 19.6 Å². The molecule has 1 heterocycles. The number of hydrogen-bond acceptors (Lipinski definition) is 7. The summed E-state index contributed by atoms with van der Waals surface area (Å²) in [6.07, 6.45) is 4.73. The summed E-state index contributed by atoms with van der Waals surface area (Å²) in [4.78, 5) is 28.8. The van der Waals surface area contributed by atoms with Crippen molar-refractivity contribution >= 4 is 11.9 Å². The molecule has 1 N–H and O–H groups in total. The summed E-state index contributed by atoms with van der Waals surface area (Å²) < 4.78 is 22.2. The van der Waals surface area contributed by atoms with Gasteiger partial charge in [-0.2, -0.15) is 0 Å². The number of methoxy groups -OCH3 is 2. The van der Waals surface area contributed by atoms with Crippen LogP contribution in [0, 0.1) is 23.7 Å². The van der Waals surface area contributed by atoms with Crippen LogP contribution < -0.4 is 14.8 Å². The molecule has 1 aliphatic carbocycles. The highest BCUT2D eigenvalue weighted by Crippen LogP contribution is 2.41. The Morgan fingerprint density at radius 3 is 2.43 bits per heavy atom. The Morgan fingerprint density at radius 2 is 1.74 bits per heavy atom. The van der Waals surface area contributed by atoms with Crippen LogP contribution in [0.25, 0.3) is 0 Å². The number of nitrogens with zero attached hydrogens (tertiary/aromatic N) is 1. The van der Waals surface area contributed by atoms with Crippen molar-refractivity contribution in [3.8, 4) is 11.5 Å². The van der Waals surface area contributed by atoms with E-state index in [1.54, 1.807) is 26.4 Å². The standard InChI is InChI=1S/C34H48N2O6/c1-24(2)36(33(37)27-14-16-31(40-4)32(19-27)41-18-8-17-39-3)22-29-21-35-20-28(29)13-15-30(26-11-12-26)34(38)42-23-25-9-6-5-7-10-25/h5-7,9-10,14,16,19,24,26,28-30,35H,8,11-13,15,17-18,20-23H2,1-4H3/t28-,29?,30?/m1/s1. The highest BCUT2D eigenvalue weighted by molar-refractivity contribution is 5.95. The van der Waals surface area contributed by atoms with Crippen molar-refractivity contribution < 1.29 is 28.5 Å². The van der Waals surface area contributed by atoms with E-state index in [-0.39, 0.29) is 23.8 Å². The minimum atomic E-state index is -0.0670. The van der Waals surface area contributed by atoms with Crippen molar-refractivity contribution in [1.82, 2.24) is 10.2 Å². The van der Waals surface area contributed by atoms with Crippen LogP contribution in [0.4, 0.5) is 0 Å². The van der Waals surface area contributed by atoms with Crippen molar-refractivity contribution in [3.63, 3.8) is 0 Å². The molecule has 0 radical (unpaired) electrons. The minimum absolute atomic E-state index is 0.0135. The summed E-state index contributed by atoms with van der Waals surface area (Å²) >= 11 is 0. The molecule has 1 aliphatic heterocycles. The van der Waals surface area contributed by atoms with Crippen molar-refractivity contribution in [2.75, 3.05) is 47.1 Å². The molecule has 2 aromatic carbocycles. The van der Waals surface area contributed by atoms with Gasteiger partial charge in [-0.05, 0) is 94.1 Å². The van der Waals surface area contributed by atoms with E-state index in [1.807, 2.05) is 41.3 Å². The number of hydrogen-bond donors (Lipinski definition) is 1. The van der Waals surface area contributed by atoms with E-state index in [0.717, 1.165) is 50.8 Å². The number of ether oxygens (including phenoxy) is 4. The molecule has 2 aromatic rings.